The van der Waals surface area contributed by atoms with Crippen LogP contribution in [0.2, 0.25) is 0 Å². The number of amides is 2. The number of allylic oxidation sites excluding steroid dienone is 2. The molecule has 22 heavy (non-hydrogen) atoms. The van der Waals surface area contributed by atoms with Gasteiger partial charge in [0.15, 0.2) is 5.76 Å². The molecule has 1 unspecified atom stereocenters. The van der Waals surface area contributed by atoms with E-state index >= 15 is 0 Å². The highest BCUT2D eigenvalue weighted by Gasteiger charge is 2.29. The summed E-state index contributed by atoms with van der Waals surface area (Å²) in [4.78, 5) is 26.1. The van der Waals surface area contributed by atoms with Gasteiger partial charge in [-0.3, -0.25) is 9.59 Å². The molecule has 1 saturated heterocycles. The molecule has 5 heteroatoms. The summed E-state index contributed by atoms with van der Waals surface area (Å²) >= 11 is 0. The highest BCUT2D eigenvalue weighted by Crippen LogP contribution is 2.35. The Morgan fingerprint density at radius 3 is 3.00 bits per heavy atom. The van der Waals surface area contributed by atoms with Crippen LogP contribution in [0.3, 0.4) is 0 Å². The highest BCUT2D eigenvalue weighted by molar-refractivity contribution is 5.91. The molecule has 1 aromatic heterocycles. The Kier molecular flexibility index (Phi) is 4.61. The van der Waals surface area contributed by atoms with Gasteiger partial charge in [0.2, 0.25) is 5.91 Å². The molecule has 0 bridgehead atoms. The fourth-order valence-corrected chi connectivity index (χ4v) is 3.36. The number of fused-ring (bicyclic) bond motifs is 1. The van der Waals surface area contributed by atoms with E-state index < -0.39 is 0 Å². The Labute approximate surface area is 130 Å². The molecule has 118 valence electrons. The van der Waals surface area contributed by atoms with Crippen molar-refractivity contribution in [3.63, 3.8) is 0 Å². The molecule has 5 nitrogen and oxygen atoms in total. The second-order valence-electron chi connectivity index (χ2n) is 5.93. The molecular formula is C17H22N2O3. The molecule has 2 aliphatic rings. The molecule has 1 aromatic rings. The standard InChI is InChI=1S/C17H22N2O3/c20-16(9-10-18-17(21)15-8-4-12-22-15)19-11-3-6-13-5-1-2-7-14(13)19/h4,7-8,12-13H,1-3,5-6,9-11H2,(H,18,21). The Morgan fingerprint density at radius 1 is 1.32 bits per heavy atom. The zero-order valence-corrected chi connectivity index (χ0v) is 12.7. The summed E-state index contributed by atoms with van der Waals surface area (Å²) in [7, 11) is 0. The number of rotatable bonds is 4. The van der Waals surface area contributed by atoms with Crippen LogP contribution in [0.15, 0.2) is 34.6 Å². The second kappa shape index (κ2) is 6.81. The van der Waals surface area contributed by atoms with Crippen LogP contribution in [0, 0.1) is 5.92 Å². The minimum absolute atomic E-state index is 0.109. The van der Waals surface area contributed by atoms with Crippen LogP contribution in [0.5, 0.6) is 0 Å². The maximum absolute atomic E-state index is 12.4. The molecule has 2 amide bonds. The zero-order valence-electron chi connectivity index (χ0n) is 12.7. The lowest BCUT2D eigenvalue weighted by Crippen LogP contribution is -2.40. The quantitative estimate of drug-likeness (QED) is 0.930. The van der Waals surface area contributed by atoms with Crippen LogP contribution in [-0.4, -0.2) is 29.8 Å². The van der Waals surface area contributed by atoms with E-state index in [0.717, 1.165) is 19.4 Å². The Bertz CT molecular complexity index is 562. The zero-order chi connectivity index (χ0) is 15.4. The van der Waals surface area contributed by atoms with Crippen LogP contribution in [0.25, 0.3) is 0 Å². The van der Waals surface area contributed by atoms with Gasteiger partial charge in [-0.2, -0.15) is 0 Å². The first kappa shape index (κ1) is 14.9. The van der Waals surface area contributed by atoms with Gasteiger partial charge in [-0.05, 0) is 50.2 Å². The molecule has 1 aliphatic heterocycles. The summed E-state index contributed by atoms with van der Waals surface area (Å²) in [5, 5.41) is 2.73. The molecular weight excluding hydrogens is 280 g/mol. The van der Waals surface area contributed by atoms with Crippen molar-refractivity contribution in [1.82, 2.24) is 10.2 Å². The number of nitrogens with one attached hydrogen (secondary N) is 1. The number of likely N-dealkylation sites (tertiary alicyclic amines) is 1. The molecule has 1 aliphatic carbocycles. The van der Waals surface area contributed by atoms with Crippen molar-refractivity contribution in [1.29, 1.82) is 0 Å². The lowest BCUT2D eigenvalue weighted by Gasteiger charge is -2.38. The van der Waals surface area contributed by atoms with E-state index in [9.17, 15) is 9.59 Å². The third-order valence-electron chi connectivity index (χ3n) is 4.44. The SMILES string of the molecule is O=C(NCCC(=O)N1CCCC2CCCC=C21)c1ccco1. The van der Waals surface area contributed by atoms with Gasteiger partial charge >= 0.3 is 0 Å². The molecule has 0 aromatic carbocycles. The van der Waals surface area contributed by atoms with E-state index in [1.54, 1.807) is 12.1 Å². The van der Waals surface area contributed by atoms with Gasteiger partial charge < -0.3 is 14.6 Å². The van der Waals surface area contributed by atoms with E-state index in [-0.39, 0.29) is 17.6 Å². The number of furan rings is 1. The molecule has 3 rings (SSSR count). The van der Waals surface area contributed by atoms with E-state index in [0.29, 0.717) is 18.9 Å². The lowest BCUT2D eigenvalue weighted by molar-refractivity contribution is -0.130. The number of nitrogens with zero attached hydrogens (tertiary/aromatic N) is 1. The van der Waals surface area contributed by atoms with Crippen molar-refractivity contribution < 1.29 is 14.0 Å². The van der Waals surface area contributed by atoms with Crippen LogP contribution < -0.4 is 5.32 Å². The topological polar surface area (TPSA) is 62.6 Å². The summed E-state index contributed by atoms with van der Waals surface area (Å²) in [6.07, 6.45) is 9.80. The highest BCUT2D eigenvalue weighted by atomic mass is 16.3. The molecule has 0 radical (unpaired) electrons. The molecule has 1 atom stereocenters. The number of hydrogen-bond donors (Lipinski definition) is 1. The van der Waals surface area contributed by atoms with E-state index in [2.05, 4.69) is 11.4 Å². The fraction of sp³-hybridized carbons (Fsp3) is 0.529. The van der Waals surface area contributed by atoms with Crippen molar-refractivity contribution in [2.75, 3.05) is 13.1 Å². The lowest BCUT2D eigenvalue weighted by atomic mass is 9.85. The maximum atomic E-state index is 12.4. The summed E-state index contributed by atoms with van der Waals surface area (Å²) in [6.45, 7) is 1.15. The third-order valence-corrected chi connectivity index (χ3v) is 4.44. The van der Waals surface area contributed by atoms with Crippen molar-refractivity contribution in [2.24, 2.45) is 5.92 Å². The fourth-order valence-electron chi connectivity index (χ4n) is 3.36. The van der Waals surface area contributed by atoms with Crippen LogP contribution in [0.1, 0.15) is 49.1 Å². The number of carbonyl (C=O) groups is 2. The van der Waals surface area contributed by atoms with Gasteiger partial charge in [0.25, 0.3) is 5.91 Å². The molecule has 1 N–H and O–H groups in total. The van der Waals surface area contributed by atoms with Crippen LogP contribution in [-0.2, 0) is 4.79 Å². The smallest absolute Gasteiger partial charge is 0.286 e. The summed E-state index contributed by atoms with van der Waals surface area (Å²) in [6, 6.07) is 3.28. The largest absolute Gasteiger partial charge is 0.459 e. The van der Waals surface area contributed by atoms with E-state index in [1.807, 2.05) is 4.90 Å². The van der Waals surface area contributed by atoms with Crippen LogP contribution >= 0.6 is 0 Å². The molecule has 2 heterocycles. The summed E-state index contributed by atoms with van der Waals surface area (Å²) in [5.41, 5.74) is 1.22. The van der Waals surface area contributed by atoms with Crippen molar-refractivity contribution in [2.45, 2.75) is 38.5 Å². The summed E-state index contributed by atoms with van der Waals surface area (Å²) in [5.74, 6) is 0.674. The molecule has 0 spiro atoms. The Balaban J connectivity index is 1.51. The van der Waals surface area contributed by atoms with Gasteiger partial charge in [-0.15, -0.1) is 0 Å². The van der Waals surface area contributed by atoms with Crippen LogP contribution in [0.4, 0.5) is 0 Å². The maximum Gasteiger partial charge on any atom is 0.286 e. The average molecular weight is 302 g/mol. The number of hydrogen-bond acceptors (Lipinski definition) is 3. The first-order chi connectivity index (χ1) is 10.8. The van der Waals surface area contributed by atoms with Crippen molar-refractivity contribution in [3.8, 4) is 0 Å². The average Bonchev–Trinajstić information content (AvgIpc) is 3.08. The first-order valence-electron chi connectivity index (χ1n) is 8.08. The summed E-state index contributed by atoms with van der Waals surface area (Å²) < 4.78 is 5.02. The normalized spacial score (nSPS) is 21.0. The first-order valence-corrected chi connectivity index (χ1v) is 8.08. The Morgan fingerprint density at radius 2 is 2.18 bits per heavy atom. The minimum Gasteiger partial charge on any atom is -0.459 e. The Hall–Kier alpha value is -2.04. The number of carbonyl (C=O) groups excluding carboxylic acids is 2. The van der Waals surface area contributed by atoms with Gasteiger partial charge in [0.05, 0.1) is 6.26 Å². The number of piperidine rings is 1. The van der Waals surface area contributed by atoms with E-state index in [4.69, 9.17) is 4.42 Å². The molecule has 0 saturated carbocycles. The van der Waals surface area contributed by atoms with Crippen molar-refractivity contribution >= 4 is 11.8 Å². The van der Waals surface area contributed by atoms with Gasteiger partial charge in [0.1, 0.15) is 0 Å². The predicted molar refractivity (Wildman–Crippen MR) is 82.0 cm³/mol. The third kappa shape index (κ3) is 3.24. The van der Waals surface area contributed by atoms with Crippen molar-refractivity contribution in [3.05, 3.63) is 35.9 Å². The molecule has 1 fully saturated rings. The van der Waals surface area contributed by atoms with Gasteiger partial charge in [-0.25, -0.2) is 0 Å². The minimum atomic E-state index is -0.272. The second-order valence-corrected chi connectivity index (χ2v) is 5.93. The van der Waals surface area contributed by atoms with Gasteiger partial charge in [-0.1, -0.05) is 6.08 Å². The monoisotopic (exact) mass is 302 g/mol. The predicted octanol–water partition coefficient (Wildman–Crippen LogP) is 2.71. The van der Waals surface area contributed by atoms with Gasteiger partial charge in [0, 0.05) is 25.2 Å². The van der Waals surface area contributed by atoms with E-state index in [1.165, 1.54) is 31.2 Å².